The number of halogens is 6. The second-order valence-corrected chi connectivity index (χ2v) is 59.7. The van der Waals surface area contributed by atoms with Crippen LogP contribution < -0.4 is 154 Å². The summed E-state index contributed by atoms with van der Waals surface area (Å²) < 4.78 is 0. The molecule has 0 aromatic heterocycles. The first kappa shape index (κ1) is 26.0. The summed E-state index contributed by atoms with van der Waals surface area (Å²) in [5.41, 5.74) is 0. The molecule has 0 rings (SSSR count). The first-order chi connectivity index (χ1) is 2.45. The third-order valence-corrected chi connectivity index (χ3v) is 0. The molecule has 10 heavy (non-hydrogen) atoms. The molecule has 0 radical (unpaired) electrons. The van der Waals surface area contributed by atoms with Crippen molar-refractivity contribution in [3.63, 3.8) is 0 Å². The Morgan fingerprint density at radius 2 is 0.500 bits per heavy atom. The van der Waals surface area contributed by atoms with Crippen molar-refractivity contribution in [2.45, 2.75) is 0 Å². The van der Waals surface area contributed by atoms with Crippen molar-refractivity contribution >= 4 is 57.2 Å². The van der Waals surface area contributed by atoms with E-state index < -0.39 is 6.97 Å². The van der Waals surface area contributed by atoms with Crippen LogP contribution in [0.2, 0.25) is 0 Å². The fourth-order valence-corrected chi connectivity index (χ4v) is 0. The Bertz CT molecular complexity index is 71.6. The van der Waals surface area contributed by atoms with Crippen LogP contribution >= 0.6 is 57.2 Å². The molecule has 0 aliphatic rings. The molecule has 0 N–H and O–H groups in total. The van der Waals surface area contributed by atoms with Gasteiger partial charge in [-0.2, -0.15) is 0 Å². The molecule has 0 fully saturated rings. The first-order valence-corrected chi connectivity index (χ1v) is 21.0. The zero-order chi connectivity index (χ0) is 6.41. The maximum atomic E-state index is 5.06. The molecule has 0 atom stereocenters. The minimum atomic E-state index is -5.43. The summed E-state index contributed by atoms with van der Waals surface area (Å²) in [4.78, 5) is 0. The molecule has 10 heteroatoms. The van der Waals surface area contributed by atoms with Gasteiger partial charge < -0.3 is 0 Å². The third-order valence-electron chi connectivity index (χ3n) is 0. The van der Waals surface area contributed by atoms with Crippen molar-refractivity contribution in [2.75, 3.05) is 0 Å². The predicted molar refractivity (Wildman–Crippen MR) is 35.1 cm³/mol. The van der Waals surface area contributed by atoms with E-state index in [1.807, 2.05) is 0 Å². The Kier molecular flexibility index (Phi) is 20.0. The molecule has 0 spiro atoms. The van der Waals surface area contributed by atoms with Crippen molar-refractivity contribution in [1.29, 1.82) is 0 Å². The van der Waals surface area contributed by atoms with E-state index in [9.17, 15) is 0 Å². The van der Waals surface area contributed by atoms with Crippen LogP contribution in [0.25, 0.3) is 0 Å². The minimum absolute atomic E-state index is 0. The molecule has 0 heterocycles. The largest absolute Gasteiger partial charge is 1.00 e. The van der Waals surface area contributed by atoms with Gasteiger partial charge in [-0.15, -0.1) is 0 Å². The first-order valence-electron chi connectivity index (χ1n) is 0.857. The van der Waals surface area contributed by atoms with Crippen molar-refractivity contribution < 1.29 is 161 Å². The van der Waals surface area contributed by atoms with Crippen LogP contribution in [0.5, 0.6) is 0 Å². The van der Waals surface area contributed by atoms with Crippen LogP contribution in [0.1, 0.15) is 0 Å². The second kappa shape index (κ2) is 7.68. The summed E-state index contributed by atoms with van der Waals surface area (Å²) in [5, 5.41) is 0. The third kappa shape index (κ3) is 58.7. The van der Waals surface area contributed by atoms with Crippen LogP contribution in [-0.2, 0) is 6.97 Å². The second-order valence-electron chi connectivity index (χ2n) is 0.810. The zero-order valence-electron chi connectivity index (χ0n) is 5.65. The van der Waals surface area contributed by atoms with E-state index in [-0.39, 0.29) is 154 Å². The fraction of sp³-hybridized carbons (Fsp3) is 0. The van der Waals surface area contributed by atoms with Gasteiger partial charge in [0.05, 0.1) is 0 Å². The summed E-state index contributed by atoms with van der Waals surface area (Å²) in [5.74, 6) is 0. The van der Waals surface area contributed by atoms with E-state index in [2.05, 4.69) is 0 Å². The Balaban J connectivity index is -0.0000000600. The standard InChI is InChI=1S/6ClH.3K.Re/h6*1H;;;;/q;;;;;;3*+1;+3/p-6. The molecular formula is Cl6K3Re. The Morgan fingerprint density at radius 3 is 0.500 bits per heavy atom. The van der Waals surface area contributed by atoms with Gasteiger partial charge in [0.25, 0.3) is 0 Å². The maximum Gasteiger partial charge on any atom is 1.00 e. The predicted octanol–water partition coefficient (Wildman–Crippen LogP) is -4.85. The molecule has 52 valence electrons. The SMILES string of the molecule is [Cl][Re-3]([Cl])([Cl])([Cl])([Cl])[Cl].[K+].[K+].[K+]. The van der Waals surface area contributed by atoms with Gasteiger partial charge >= 0.3 is 218 Å². The van der Waals surface area contributed by atoms with E-state index in [0.717, 1.165) is 0 Å². The minimum Gasteiger partial charge on any atom is 1.00 e. The van der Waals surface area contributed by atoms with E-state index in [1.54, 1.807) is 0 Å². The monoisotopic (exact) mass is 514 g/mol. The number of rotatable bonds is 0. The van der Waals surface area contributed by atoms with Gasteiger partial charge in [0, 0.05) is 0 Å². The molecule has 0 saturated carbocycles. The summed E-state index contributed by atoms with van der Waals surface area (Å²) in [6.45, 7) is -5.43. The molecule has 0 nitrogen and oxygen atoms in total. The normalized spacial score (nSPS) is 16.2. The fourth-order valence-electron chi connectivity index (χ4n) is 0. The summed E-state index contributed by atoms with van der Waals surface area (Å²) >= 11 is 0. The number of hydrogen-bond donors (Lipinski definition) is 0. The summed E-state index contributed by atoms with van der Waals surface area (Å²) in [6, 6.07) is 0. The van der Waals surface area contributed by atoms with E-state index in [1.165, 1.54) is 0 Å². The molecular weight excluding hydrogens is 516 g/mol. The van der Waals surface area contributed by atoms with Crippen LogP contribution in [0.15, 0.2) is 0 Å². The van der Waals surface area contributed by atoms with Gasteiger partial charge in [-0.3, -0.25) is 0 Å². The smallest absolute Gasteiger partial charge is 1.00 e. The van der Waals surface area contributed by atoms with Gasteiger partial charge in [-0.25, -0.2) is 0 Å². The van der Waals surface area contributed by atoms with Crippen molar-refractivity contribution in [3.8, 4) is 0 Å². The maximum absolute atomic E-state index is 5.43. The Hall–Kier alpha value is 7.31. The van der Waals surface area contributed by atoms with Gasteiger partial charge in [0.1, 0.15) is 0 Å². The van der Waals surface area contributed by atoms with Crippen LogP contribution in [0.3, 0.4) is 0 Å². The van der Waals surface area contributed by atoms with Gasteiger partial charge in [0.15, 0.2) is 0 Å². The zero-order valence-corrected chi connectivity index (χ0v) is 22.3. The van der Waals surface area contributed by atoms with Crippen LogP contribution in [0, 0.1) is 0 Å². The average molecular weight is 516 g/mol. The van der Waals surface area contributed by atoms with E-state index >= 15 is 0 Å². The quantitative estimate of drug-likeness (QED) is 0.284. The molecule has 0 amide bonds. The molecule has 0 saturated heterocycles. The van der Waals surface area contributed by atoms with Gasteiger partial charge in [0.2, 0.25) is 0 Å². The van der Waals surface area contributed by atoms with Crippen LogP contribution in [0.4, 0.5) is 0 Å². The van der Waals surface area contributed by atoms with Gasteiger partial charge in [-0.1, -0.05) is 0 Å². The molecule has 0 aromatic carbocycles. The molecule has 0 aliphatic heterocycles. The average Bonchev–Trinajstić information content (AvgIpc) is 0.592. The Morgan fingerprint density at radius 1 is 0.500 bits per heavy atom. The topological polar surface area (TPSA) is 0 Å². The summed E-state index contributed by atoms with van der Waals surface area (Å²) in [6.07, 6.45) is 0. The molecule has 0 bridgehead atoms. The Labute approximate surface area is 210 Å². The van der Waals surface area contributed by atoms with E-state index in [4.69, 9.17) is 57.2 Å². The molecule has 0 unspecified atom stereocenters. The van der Waals surface area contributed by atoms with Crippen molar-refractivity contribution in [1.82, 2.24) is 0 Å². The van der Waals surface area contributed by atoms with E-state index in [0.29, 0.717) is 0 Å². The molecule has 0 aromatic rings. The van der Waals surface area contributed by atoms with Crippen LogP contribution in [-0.4, -0.2) is 0 Å². The number of hydrogen-bond acceptors (Lipinski definition) is 0. The molecule has 0 aliphatic carbocycles. The van der Waals surface area contributed by atoms with Crippen molar-refractivity contribution in [3.05, 3.63) is 0 Å². The van der Waals surface area contributed by atoms with Crippen molar-refractivity contribution in [2.24, 2.45) is 0 Å². The van der Waals surface area contributed by atoms with Gasteiger partial charge in [-0.05, 0) is 0 Å². The summed E-state index contributed by atoms with van der Waals surface area (Å²) in [7, 11) is 30.4.